The Kier molecular flexibility index (Phi) is 8.85. The van der Waals surface area contributed by atoms with E-state index < -0.39 is 44.4 Å². The number of ether oxygens (including phenoxy) is 1. The smallest absolute Gasteiger partial charge is 0.404 e. The average molecular weight is 523 g/mol. The van der Waals surface area contributed by atoms with E-state index in [0.717, 1.165) is 11.7 Å². The number of hydrogen-bond donors (Lipinski definition) is 3. The number of alkyl halides is 1. The number of phosphoric ester groups is 1. The topological polar surface area (TPSA) is 132 Å². The van der Waals surface area contributed by atoms with E-state index in [4.69, 9.17) is 30.5 Å². The van der Waals surface area contributed by atoms with Crippen molar-refractivity contribution < 1.29 is 37.5 Å². The van der Waals surface area contributed by atoms with Crippen LogP contribution in [0, 0.1) is 17.0 Å². The Morgan fingerprint density at radius 3 is 2.50 bits per heavy atom. The highest BCUT2D eigenvalue weighted by atomic mass is 32.1. The van der Waals surface area contributed by atoms with E-state index in [2.05, 4.69) is 4.98 Å². The second-order valence-electron chi connectivity index (χ2n) is 8.81. The lowest BCUT2D eigenvalue weighted by Gasteiger charge is -2.28. The van der Waals surface area contributed by atoms with Gasteiger partial charge in [-0.2, -0.15) is 0 Å². The Labute approximate surface area is 202 Å². The standard InChI is InChI=1S/C21H32FN2O8PS/c1-8-13(20(4,5)6)14(9-2)32-33(28,29-7)30-11-21(22)16(26)15(25)18(31-21)24-10-12(3)17(34)23-19(24)27/h8-10,15-16,18,25-26H,11H2,1-7H3,(H,23,27,34)/b13-8+,14-9-/t15-,16+,18-,21-,33?/m1/s1. The maximum Gasteiger partial charge on any atom is 0.529 e. The third-order valence-electron chi connectivity index (χ3n) is 5.27. The molecule has 0 aliphatic carbocycles. The molecule has 5 atom stereocenters. The number of nitrogens with one attached hydrogen (secondary N) is 1. The monoisotopic (exact) mass is 522 g/mol. The summed E-state index contributed by atoms with van der Waals surface area (Å²) in [5.74, 6) is -2.83. The Morgan fingerprint density at radius 1 is 1.38 bits per heavy atom. The minimum Gasteiger partial charge on any atom is -0.404 e. The molecule has 1 fully saturated rings. The third kappa shape index (κ3) is 5.93. The Morgan fingerprint density at radius 2 is 2.00 bits per heavy atom. The number of hydrogen-bond acceptors (Lipinski definition) is 9. The number of aliphatic hydroxyl groups is 2. The van der Waals surface area contributed by atoms with Crippen LogP contribution in [0.5, 0.6) is 0 Å². The fourth-order valence-electron chi connectivity index (χ4n) is 3.47. The highest BCUT2D eigenvalue weighted by Crippen LogP contribution is 2.54. The summed E-state index contributed by atoms with van der Waals surface area (Å²) < 4.78 is 50.4. The van der Waals surface area contributed by atoms with Crippen molar-refractivity contribution in [1.29, 1.82) is 0 Å². The Hall–Kier alpha value is -1.66. The summed E-state index contributed by atoms with van der Waals surface area (Å²) in [6.45, 7) is 9.70. The van der Waals surface area contributed by atoms with Crippen molar-refractivity contribution in [1.82, 2.24) is 9.55 Å². The zero-order valence-electron chi connectivity index (χ0n) is 20.2. The first-order valence-corrected chi connectivity index (χ1v) is 12.4. The van der Waals surface area contributed by atoms with Crippen LogP contribution in [0.2, 0.25) is 0 Å². The third-order valence-corrected chi connectivity index (χ3v) is 7.01. The molecule has 0 bridgehead atoms. The second-order valence-corrected chi connectivity index (χ2v) is 10.9. The summed E-state index contributed by atoms with van der Waals surface area (Å²) in [6, 6.07) is 0. The number of nitrogens with zero attached hydrogens (tertiary/aromatic N) is 1. The molecule has 1 saturated heterocycles. The van der Waals surface area contributed by atoms with Crippen molar-refractivity contribution in [2.24, 2.45) is 5.41 Å². The molecule has 3 N–H and O–H groups in total. The lowest BCUT2D eigenvalue weighted by Crippen LogP contribution is -2.43. The number of halogens is 1. The van der Waals surface area contributed by atoms with Gasteiger partial charge in [0.1, 0.15) is 29.2 Å². The van der Waals surface area contributed by atoms with Crippen molar-refractivity contribution in [3.05, 3.63) is 50.4 Å². The number of aromatic amines is 1. The summed E-state index contributed by atoms with van der Waals surface area (Å²) >= 11 is 4.98. The fourth-order valence-corrected chi connectivity index (χ4v) is 4.62. The van der Waals surface area contributed by atoms with E-state index in [1.807, 2.05) is 20.8 Å². The molecule has 1 unspecified atom stereocenters. The van der Waals surface area contributed by atoms with Gasteiger partial charge in [0.15, 0.2) is 6.23 Å². The van der Waals surface area contributed by atoms with Gasteiger partial charge in [0, 0.05) is 18.9 Å². The van der Waals surface area contributed by atoms with Gasteiger partial charge in [-0.25, -0.2) is 13.8 Å². The van der Waals surface area contributed by atoms with Crippen molar-refractivity contribution in [3.8, 4) is 0 Å². The summed E-state index contributed by atoms with van der Waals surface area (Å²) in [4.78, 5) is 14.6. The molecule has 192 valence electrons. The van der Waals surface area contributed by atoms with Crippen molar-refractivity contribution in [2.45, 2.75) is 65.8 Å². The van der Waals surface area contributed by atoms with Gasteiger partial charge >= 0.3 is 13.5 Å². The van der Waals surface area contributed by atoms with Gasteiger partial charge in [-0.05, 0) is 37.8 Å². The highest BCUT2D eigenvalue weighted by Gasteiger charge is 2.57. The second kappa shape index (κ2) is 10.5. The Balaban J connectivity index is 2.27. The first-order valence-electron chi connectivity index (χ1n) is 10.5. The van der Waals surface area contributed by atoms with Gasteiger partial charge in [-0.1, -0.05) is 39.1 Å². The summed E-state index contributed by atoms with van der Waals surface area (Å²) in [7, 11) is -3.32. The molecule has 1 aliphatic rings. The van der Waals surface area contributed by atoms with E-state index in [1.165, 1.54) is 6.20 Å². The summed E-state index contributed by atoms with van der Waals surface area (Å²) in [5, 5.41) is 20.7. The number of rotatable bonds is 8. The zero-order valence-corrected chi connectivity index (χ0v) is 21.9. The summed E-state index contributed by atoms with van der Waals surface area (Å²) in [5.41, 5.74) is 0.0142. The van der Waals surface area contributed by atoms with Crippen LogP contribution in [0.3, 0.4) is 0 Å². The minimum absolute atomic E-state index is 0.165. The maximum absolute atomic E-state index is 15.5. The lowest BCUT2D eigenvalue weighted by molar-refractivity contribution is -0.205. The van der Waals surface area contributed by atoms with E-state index in [1.54, 1.807) is 32.9 Å². The highest BCUT2D eigenvalue weighted by molar-refractivity contribution is 7.71. The van der Waals surface area contributed by atoms with Crippen molar-refractivity contribution in [3.63, 3.8) is 0 Å². The van der Waals surface area contributed by atoms with Crippen molar-refractivity contribution >= 4 is 20.0 Å². The molecule has 2 rings (SSSR count). The SMILES string of the molecule is C/C=C(OP(=O)(OC)OC[C@@]1(F)O[C@@H](n2cc(C)c(=S)[nH]c2=O)[C@H](O)[C@@H]1O)/C(=C\C)C(C)(C)C. The molecular weight excluding hydrogens is 490 g/mol. The maximum atomic E-state index is 15.5. The molecule has 10 nitrogen and oxygen atoms in total. The summed E-state index contributed by atoms with van der Waals surface area (Å²) in [6.07, 6.45) is -0.983. The van der Waals surface area contributed by atoms with E-state index >= 15 is 4.39 Å². The molecule has 1 aromatic rings. The van der Waals surface area contributed by atoms with Crippen LogP contribution in [0.1, 0.15) is 46.4 Å². The molecule has 0 spiro atoms. The van der Waals surface area contributed by atoms with Gasteiger partial charge in [0.05, 0.1) is 0 Å². The van der Waals surface area contributed by atoms with E-state index in [0.29, 0.717) is 11.1 Å². The van der Waals surface area contributed by atoms with Crippen LogP contribution < -0.4 is 5.69 Å². The van der Waals surface area contributed by atoms with Crippen LogP contribution in [-0.2, 0) is 22.9 Å². The molecule has 34 heavy (non-hydrogen) atoms. The number of aliphatic hydroxyl groups excluding tert-OH is 2. The quantitative estimate of drug-likeness (QED) is 0.202. The molecule has 13 heteroatoms. The van der Waals surface area contributed by atoms with Gasteiger partial charge in [-0.15, -0.1) is 0 Å². The zero-order chi connectivity index (χ0) is 26.1. The molecule has 0 radical (unpaired) electrons. The normalized spacial score (nSPS) is 28.1. The van der Waals surface area contributed by atoms with Gasteiger partial charge in [0.2, 0.25) is 0 Å². The Bertz CT molecular complexity index is 1120. The largest absolute Gasteiger partial charge is 0.529 e. The number of allylic oxidation sites excluding steroid dienone is 3. The van der Waals surface area contributed by atoms with Gasteiger partial charge < -0.3 is 19.5 Å². The van der Waals surface area contributed by atoms with E-state index in [9.17, 15) is 19.6 Å². The van der Waals surface area contributed by atoms with Crippen LogP contribution in [0.4, 0.5) is 4.39 Å². The number of phosphoric acid groups is 1. The van der Waals surface area contributed by atoms with Gasteiger partial charge in [-0.3, -0.25) is 18.6 Å². The molecule has 2 heterocycles. The van der Waals surface area contributed by atoms with Crippen LogP contribution in [0.25, 0.3) is 0 Å². The molecule has 1 aromatic heterocycles. The average Bonchev–Trinajstić information content (AvgIpc) is 2.98. The number of H-pyrrole nitrogens is 1. The van der Waals surface area contributed by atoms with E-state index in [-0.39, 0.29) is 15.8 Å². The van der Waals surface area contributed by atoms with Crippen molar-refractivity contribution in [2.75, 3.05) is 13.7 Å². The molecule has 0 aromatic carbocycles. The predicted molar refractivity (Wildman–Crippen MR) is 125 cm³/mol. The number of aryl methyl sites for hydroxylation is 1. The molecule has 0 saturated carbocycles. The fraction of sp³-hybridized carbons (Fsp3) is 0.619. The first-order chi connectivity index (χ1) is 15.6. The van der Waals surface area contributed by atoms with Gasteiger partial charge in [0.25, 0.3) is 5.85 Å². The van der Waals surface area contributed by atoms with Crippen LogP contribution >= 0.6 is 20.0 Å². The first kappa shape index (κ1) is 28.6. The van der Waals surface area contributed by atoms with Crippen LogP contribution in [-0.4, -0.2) is 51.5 Å². The minimum atomic E-state index is -4.38. The number of aromatic nitrogens is 2. The lowest BCUT2D eigenvalue weighted by atomic mass is 9.85. The van der Waals surface area contributed by atoms with Crippen LogP contribution in [0.15, 0.2) is 34.5 Å². The molecule has 1 aliphatic heterocycles. The molecule has 0 amide bonds. The predicted octanol–water partition coefficient (Wildman–Crippen LogP) is 3.81. The molecular formula is C21H32FN2O8PS.